The standard InChI is InChI=1S/C23H32N4O2.HI/c1-4-24-23(26-16-19-8-5-6-11-22(19)29-3)25-15-18-12-13-27(17-18)20-9-7-10-21(14-20)28-2;/h5-11,14,18H,4,12-13,15-17H2,1-3H3,(H2,24,25,26);1H. The molecule has 0 bridgehead atoms. The molecule has 1 atom stereocenters. The fourth-order valence-electron chi connectivity index (χ4n) is 3.62. The van der Waals surface area contributed by atoms with Gasteiger partial charge in [0.2, 0.25) is 0 Å². The maximum Gasteiger partial charge on any atom is 0.191 e. The molecule has 1 heterocycles. The molecule has 6 nitrogen and oxygen atoms in total. The molecule has 0 spiro atoms. The minimum Gasteiger partial charge on any atom is -0.497 e. The fourth-order valence-corrected chi connectivity index (χ4v) is 3.62. The van der Waals surface area contributed by atoms with Crippen LogP contribution >= 0.6 is 24.0 Å². The van der Waals surface area contributed by atoms with Gasteiger partial charge in [0.05, 0.1) is 20.8 Å². The van der Waals surface area contributed by atoms with Gasteiger partial charge in [0.15, 0.2) is 5.96 Å². The van der Waals surface area contributed by atoms with E-state index < -0.39 is 0 Å². The maximum absolute atomic E-state index is 5.42. The fraction of sp³-hybridized carbons (Fsp3) is 0.435. The highest BCUT2D eigenvalue weighted by atomic mass is 127. The summed E-state index contributed by atoms with van der Waals surface area (Å²) >= 11 is 0. The summed E-state index contributed by atoms with van der Waals surface area (Å²) in [5.41, 5.74) is 2.31. The summed E-state index contributed by atoms with van der Waals surface area (Å²) in [5.74, 6) is 3.20. The first kappa shape index (κ1) is 24.1. The molecule has 2 aromatic carbocycles. The van der Waals surface area contributed by atoms with E-state index in [1.165, 1.54) is 5.69 Å². The van der Waals surface area contributed by atoms with Crippen LogP contribution in [0.3, 0.4) is 0 Å². The van der Waals surface area contributed by atoms with E-state index in [0.29, 0.717) is 12.5 Å². The van der Waals surface area contributed by atoms with Crippen LogP contribution in [0.25, 0.3) is 0 Å². The molecule has 0 saturated carbocycles. The van der Waals surface area contributed by atoms with Crippen LogP contribution in [0.5, 0.6) is 11.5 Å². The smallest absolute Gasteiger partial charge is 0.191 e. The second-order valence-electron chi connectivity index (χ2n) is 7.19. The number of para-hydroxylation sites is 1. The molecule has 30 heavy (non-hydrogen) atoms. The number of hydrogen-bond acceptors (Lipinski definition) is 4. The van der Waals surface area contributed by atoms with E-state index in [1.807, 2.05) is 30.3 Å². The Morgan fingerprint density at radius 2 is 1.93 bits per heavy atom. The number of hydrogen-bond donors (Lipinski definition) is 2. The van der Waals surface area contributed by atoms with Gasteiger partial charge in [-0.25, -0.2) is 4.99 Å². The lowest BCUT2D eigenvalue weighted by Gasteiger charge is -2.20. The molecule has 1 unspecified atom stereocenters. The Morgan fingerprint density at radius 3 is 2.70 bits per heavy atom. The Labute approximate surface area is 197 Å². The highest BCUT2D eigenvalue weighted by Gasteiger charge is 2.23. The van der Waals surface area contributed by atoms with Crippen LogP contribution in [-0.2, 0) is 6.54 Å². The number of halogens is 1. The largest absolute Gasteiger partial charge is 0.497 e. The molecule has 2 N–H and O–H groups in total. The lowest BCUT2D eigenvalue weighted by molar-refractivity contribution is 0.410. The van der Waals surface area contributed by atoms with Gasteiger partial charge in [0, 0.05) is 43.5 Å². The molecule has 0 aromatic heterocycles. The van der Waals surface area contributed by atoms with Crippen molar-refractivity contribution in [3.8, 4) is 11.5 Å². The van der Waals surface area contributed by atoms with Crippen molar-refractivity contribution >= 4 is 35.6 Å². The van der Waals surface area contributed by atoms with Gasteiger partial charge in [-0.15, -0.1) is 24.0 Å². The van der Waals surface area contributed by atoms with Crippen LogP contribution in [-0.4, -0.2) is 46.4 Å². The number of anilines is 1. The molecular weight excluding hydrogens is 491 g/mol. The summed E-state index contributed by atoms with van der Waals surface area (Å²) in [6, 6.07) is 16.3. The third-order valence-corrected chi connectivity index (χ3v) is 5.21. The van der Waals surface area contributed by atoms with Crippen molar-refractivity contribution in [3.05, 3.63) is 54.1 Å². The molecule has 0 aliphatic carbocycles. The SMILES string of the molecule is CCNC(=NCc1ccccc1OC)NCC1CCN(c2cccc(OC)c2)C1.I. The number of ether oxygens (including phenoxy) is 2. The highest BCUT2D eigenvalue weighted by Crippen LogP contribution is 2.26. The van der Waals surface area contributed by atoms with Gasteiger partial charge in [0.1, 0.15) is 11.5 Å². The van der Waals surface area contributed by atoms with Crippen molar-refractivity contribution in [1.29, 1.82) is 0 Å². The van der Waals surface area contributed by atoms with Gasteiger partial charge in [-0.2, -0.15) is 0 Å². The van der Waals surface area contributed by atoms with Gasteiger partial charge in [-0.3, -0.25) is 0 Å². The number of nitrogens with zero attached hydrogens (tertiary/aromatic N) is 2. The molecule has 0 amide bonds. The van der Waals surface area contributed by atoms with E-state index in [1.54, 1.807) is 14.2 Å². The quantitative estimate of drug-likeness (QED) is 0.312. The van der Waals surface area contributed by atoms with Crippen LogP contribution in [0.4, 0.5) is 5.69 Å². The third kappa shape index (κ3) is 6.68. The molecule has 3 rings (SSSR count). The number of aliphatic imine (C=N–C) groups is 1. The summed E-state index contributed by atoms with van der Waals surface area (Å²) in [7, 11) is 3.41. The minimum atomic E-state index is 0. The first-order chi connectivity index (χ1) is 14.2. The second-order valence-corrected chi connectivity index (χ2v) is 7.19. The van der Waals surface area contributed by atoms with E-state index >= 15 is 0 Å². The van der Waals surface area contributed by atoms with E-state index in [4.69, 9.17) is 14.5 Å². The zero-order valence-corrected chi connectivity index (χ0v) is 20.4. The van der Waals surface area contributed by atoms with Crippen LogP contribution < -0.4 is 25.0 Å². The molecule has 1 saturated heterocycles. The van der Waals surface area contributed by atoms with Gasteiger partial charge >= 0.3 is 0 Å². The summed E-state index contributed by atoms with van der Waals surface area (Å²) in [6.07, 6.45) is 1.16. The molecule has 1 aliphatic heterocycles. The Balaban J connectivity index is 0.00000320. The number of nitrogens with one attached hydrogen (secondary N) is 2. The molecule has 7 heteroatoms. The van der Waals surface area contributed by atoms with E-state index in [2.05, 4.69) is 40.7 Å². The van der Waals surface area contributed by atoms with Crippen molar-refractivity contribution < 1.29 is 9.47 Å². The van der Waals surface area contributed by atoms with Gasteiger partial charge in [-0.05, 0) is 37.5 Å². The van der Waals surface area contributed by atoms with Gasteiger partial charge < -0.3 is 25.0 Å². The Hall–Kier alpha value is -2.16. The number of guanidine groups is 1. The maximum atomic E-state index is 5.42. The first-order valence-corrected chi connectivity index (χ1v) is 10.3. The summed E-state index contributed by atoms with van der Waals surface area (Å²) < 4.78 is 10.8. The van der Waals surface area contributed by atoms with E-state index in [9.17, 15) is 0 Å². The van der Waals surface area contributed by atoms with E-state index in [0.717, 1.165) is 55.6 Å². The third-order valence-electron chi connectivity index (χ3n) is 5.21. The number of methoxy groups -OCH3 is 2. The van der Waals surface area contributed by atoms with Gasteiger partial charge in [-0.1, -0.05) is 24.3 Å². The highest BCUT2D eigenvalue weighted by molar-refractivity contribution is 14.0. The monoisotopic (exact) mass is 524 g/mol. The van der Waals surface area contributed by atoms with Crippen molar-refractivity contribution in [3.63, 3.8) is 0 Å². The van der Waals surface area contributed by atoms with Crippen molar-refractivity contribution in [1.82, 2.24) is 10.6 Å². The van der Waals surface area contributed by atoms with Crippen molar-refractivity contribution in [2.75, 3.05) is 45.3 Å². The van der Waals surface area contributed by atoms with Gasteiger partial charge in [0.25, 0.3) is 0 Å². The first-order valence-electron chi connectivity index (χ1n) is 10.3. The molecular formula is C23H33IN4O2. The number of benzene rings is 2. The normalized spacial score (nSPS) is 16.0. The molecule has 1 fully saturated rings. The Bertz CT molecular complexity index is 815. The number of rotatable bonds is 8. The zero-order chi connectivity index (χ0) is 20.5. The minimum absolute atomic E-state index is 0. The molecule has 0 radical (unpaired) electrons. The second kappa shape index (κ2) is 12.5. The van der Waals surface area contributed by atoms with Crippen molar-refractivity contribution in [2.45, 2.75) is 19.9 Å². The zero-order valence-electron chi connectivity index (χ0n) is 18.1. The Kier molecular flexibility index (Phi) is 10.1. The predicted molar refractivity (Wildman–Crippen MR) is 135 cm³/mol. The molecule has 1 aliphatic rings. The Morgan fingerprint density at radius 1 is 1.10 bits per heavy atom. The van der Waals surface area contributed by atoms with Crippen LogP contribution in [0.15, 0.2) is 53.5 Å². The van der Waals surface area contributed by atoms with Crippen LogP contribution in [0, 0.1) is 5.92 Å². The average molecular weight is 524 g/mol. The van der Waals surface area contributed by atoms with Crippen molar-refractivity contribution in [2.24, 2.45) is 10.9 Å². The summed E-state index contributed by atoms with van der Waals surface area (Å²) in [6.45, 7) is 6.50. The molecule has 164 valence electrons. The van der Waals surface area contributed by atoms with Crippen LogP contribution in [0.2, 0.25) is 0 Å². The van der Waals surface area contributed by atoms with Crippen LogP contribution in [0.1, 0.15) is 18.9 Å². The predicted octanol–water partition coefficient (Wildman–Crippen LogP) is 3.90. The summed E-state index contributed by atoms with van der Waals surface area (Å²) in [5, 5.41) is 6.85. The van der Waals surface area contributed by atoms with E-state index in [-0.39, 0.29) is 24.0 Å². The topological polar surface area (TPSA) is 58.1 Å². The lowest BCUT2D eigenvalue weighted by atomic mass is 10.1. The average Bonchev–Trinajstić information content (AvgIpc) is 3.25. The lowest BCUT2D eigenvalue weighted by Crippen LogP contribution is -2.40. The summed E-state index contributed by atoms with van der Waals surface area (Å²) in [4.78, 5) is 7.16. The molecule has 2 aromatic rings.